The van der Waals surface area contributed by atoms with E-state index in [1.54, 1.807) is 24.3 Å². The van der Waals surface area contributed by atoms with Crippen LogP contribution in [0.15, 0.2) is 53.4 Å². The van der Waals surface area contributed by atoms with E-state index < -0.39 is 15.9 Å². The molecular weight excluding hydrogens is 290 g/mol. The molecule has 0 fully saturated rings. The van der Waals surface area contributed by atoms with Crippen molar-refractivity contribution in [2.24, 2.45) is 0 Å². The van der Waals surface area contributed by atoms with Crippen molar-refractivity contribution in [3.8, 4) is 0 Å². The fourth-order valence-electron chi connectivity index (χ4n) is 1.72. The van der Waals surface area contributed by atoms with E-state index in [0.29, 0.717) is 5.56 Å². The van der Waals surface area contributed by atoms with Gasteiger partial charge in [0.1, 0.15) is 0 Å². The molecule has 2 aromatic carbocycles. The molecule has 0 saturated carbocycles. The molecule has 21 heavy (non-hydrogen) atoms. The maximum atomic E-state index is 12.1. The SMILES string of the molecule is Cc1ccc(S(=O)(=O)NC(=O)c2ccc(CO)cc2)cc1. The Hall–Kier alpha value is -2.18. The van der Waals surface area contributed by atoms with Crippen LogP contribution in [0, 0.1) is 6.92 Å². The van der Waals surface area contributed by atoms with Crippen LogP contribution in [0.2, 0.25) is 0 Å². The highest BCUT2D eigenvalue weighted by atomic mass is 32.2. The molecule has 0 aliphatic carbocycles. The summed E-state index contributed by atoms with van der Waals surface area (Å²) in [6, 6.07) is 12.3. The summed E-state index contributed by atoms with van der Waals surface area (Å²) in [6.07, 6.45) is 0. The van der Waals surface area contributed by atoms with Crippen molar-refractivity contribution >= 4 is 15.9 Å². The zero-order chi connectivity index (χ0) is 15.5. The second kappa shape index (κ2) is 6.07. The van der Waals surface area contributed by atoms with Gasteiger partial charge < -0.3 is 5.11 Å². The summed E-state index contributed by atoms with van der Waals surface area (Å²) in [5, 5.41) is 8.93. The molecule has 6 heteroatoms. The number of rotatable bonds is 4. The summed E-state index contributed by atoms with van der Waals surface area (Å²) in [5.41, 5.74) is 1.79. The fourth-order valence-corrected chi connectivity index (χ4v) is 2.69. The predicted octanol–water partition coefficient (Wildman–Crippen LogP) is 1.61. The van der Waals surface area contributed by atoms with Crippen molar-refractivity contribution in [2.45, 2.75) is 18.4 Å². The molecule has 0 spiro atoms. The largest absolute Gasteiger partial charge is 0.392 e. The molecule has 0 aliphatic rings. The van der Waals surface area contributed by atoms with Gasteiger partial charge in [0, 0.05) is 5.56 Å². The van der Waals surface area contributed by atoms with Gasteiger partial charge in [0.05, 0.1) is 11.5 Å². The van der Waals surface area contributed by atoms with E-state index in [2.05, 4.69) is 0 Å². The number of nitrogens with one attached hydrogen (secondary N) is 1. The molecule has 5 nitrogen and oxygen atoms in total. The Bertz CT molecular complexity index is 734. The average Bonchev–Trinajstić information content (AvgIpc) is 2.47. The van der Waals surface area contributed by atoms with Gasteiger partial charge in [-0.3, -0.25) is 4.79 Å². The summed E-state index contributed by atoms with van der Waals surface area (Å²) in [6.45, 7) is 1.71. The number of amides is 1. The number of sulfonamides is 1. The molecule has 0 heterocycles. The Balaban J connectivity index is 2.19. The Labute approximate surface area is 123 Å². The van der Waals surface area contributed by atoms with Gasteiger partial charge in [-0.2, -0.15) is 0 Å². The van der Waals surface area contributed by atoms with E-state index >= 15 is 0 Å². The summed E-state index contributed by atoms with van der Waals surface area (Å²) in [7, 11) is -3.89. The number of aliphatic hydroxyl groups is 1. The maximum Gasteiger partial charge on any atom is 0.264 e. The van der Waals surface area contributed by atoms with Crippen LogP contribution in [-0.4, -0.2) is 19.4 Å². The minimum Gasteiger partial charge on any atom is -0.392 e. The first-order valence-electron chi connectivity index (χ1n) is 6.26. The van der Waals surface area contributed by atoms with Crippen molar-refractivity contribution < 1.29 is 18.3 Å². The van der Waals surface area contributed by atoms with Crippen LogP contribution < -0.4 is 4.72 Å². The van der Waals surface area contributed by atoms with E-state index in [1.165, 1.54) is 24.3 Å². The third-order valence-electron chi connectivity index (χ3n) is 2.96. The third-order valence-corrected chi connectivity index (χ3v) is 4.30. The highest BCUT2D eigenvalue weighted by Gasteiger charge is 2.18. The number of carbonyl (C=O) groups is 1. The van der Waals surface area contributed by atoms with Gasteiger partial charge >= 0.3 is 0 Å². The molecule has 0 bridgehead atoms. The summed E-state index contributed by atoms with van der Waals surface area (Å²) in [5.74, 6) is -0.708. The highest BCUT2D eigenvalue weighted by Crippen LogP contribution is 2.11. The lowest BCUT2D eigenvalue weighted by Gasteiger charge is -2.07. The second-order valence-corrected chi connectivity index (χ2v) is 6.29. The van der Waals surface area contributed by atoms with Crippen molar-refractivity contribution in [3.63, 3.8) is 0 Å². The van der Waals surface area contributed by atoms with Gasteiger partial charge in [-0.1, -0.05) is 29.8 Å². The zero-order valence-corrected chi connectivity index (χ0v) is 12.2. The summed E-state index contributed by atoms with van der Waals surface area (Å²) in [4.78, 5) is 12.0. The molecule has 2 rings (SSSR count). The first-order valence-corrected chi connectivity index (χ1v) is 7.74. The average molecular weight is 305 g/mol. The predicted molar refractivity (Wildman–Crippen MR) is 78.2 cm³/mol. The molecular formula is C15H15NO4S. The molecule has 2 aromatic rings. The van der Waals surface area contributed by atoms with Crippen LogP contribution in [0.5, 0.6) is 0 Å². The van der Waals surface area contributed by atoms with Gasteiger partial charge in [-0.05, 0) is 36.8 Å². The number of benzene rings is 2. The lowest BCUT2D eigenvalue weighted by atomic mass is 10.1. The number of carbonyl (C=O) groups excluding carboxylic acids is 1. The van der Waals surface area contributed by atoms with Crippen LogP contribution in [0.25, 0.3) is 0 Å². The van der Waals surface area contributed by atoms with Crippen molar-refractivity contribution in [1.82, 2.24) is 4.72 Å². The molecule has 2 N–H and O–H groups in total. The highest BCUT2D eigenvalue weighted by molar-refractivity contribution is 7.90. The Morgan fingerprint density at radius 2 is 1.62 bits per heavy atom. The van der Waals surface area contributed by atoms with E-state index in [-0.39, 0.29) is 17.1 Å². The molecule has 0 saturated heterocycles. The lowest BCUT2D eigenvalue weighted by Crippen LogP contribution is -2.30. The van der Waals surface area contributed by atoms with Crippen molar-refractivity contribution in [1.29, 1.82) is 0 Å². The number of aryl methyl sites for hydroxylation is 1. The summed E-state index contributed by atoms with van der Waals surface area (Å²) < 4.78 is 26.2. The normalized spacial score (nSPS) is 11.1. The molecule has 110 valence electrons. The van der Waals surface area contributed by atoms with Gasteiger partial charge in [-0.25, -0.2) is 13.1 Å². The first-order chi connectivity index (χ1) is 9.92. The second-order valence-electron chi connectivity index (χ2n) is 4.60. The topological polar surface area (TPSA) is 83.5 Å². The van der Waals surface area contributed by atoms with E-state index in [0.717, 1.165) is 5.56 Å². The standard InChI is InChI=1S/C15H15NO4S/c1-11-2-8-14(9-3-11)21(19,20)16-15(18)13-6-4-12(10-17)5-7-13/h2-9,17H,10H2,1H3,(H,16,18). The molecule has 0 aromatic heterocycles. The van der Waals surface area contributed by atoms with E-state index in [1.807, 2.05) is 11.6 Å². The number of aliphatic hydroxyl groups excluding tert-OH is 1. The van der Waals surface area contributed by atoms with Gasteiger partial charge in [0.2, 0.25) is 0 Å². The van der Waals surface area contributed by atoms with Crippen LogP contribution in [0.3, 0.4) is 0 Å². The quantitative estimate of drug-likeness (QED) is 0.899. The molecule has 0 radical (unpaired) electrons. The lowest BCUT2D eigenvalue weighted by molar-refractivity contribution is 0.0981. The van der Waals surface area contributed by atoms with E-state index in [9.17, 15) is 13.2 Å². The number of hydrogen-bond donors (Lipinski definition) is 2. The Morgan fingerprint density at radius 3 is 2.14 bits per heavy atom. The number of hydrogen-bond acceptors (Lipinski definition) is 4. The van der Waals surface area contributed by atoms with E-state index in [4.69, 9.17) is 5.11 Å². The first kappa shape index (κ1) is 15.2. The van der Waals surface area contributed by atoms with Crippen LogP contribution >= 0.6 is 0 Å². The minimum absolute atomic E-state index is 0.0356. The van der Waals surface area contributed by atoms with Crippen LogP contribution in [-0.2, 0) is 16.6 Å². The van der Waals surface area contributed by atoms with Crippen molar-refractivity contribution in [2.75, 3.05) is 0 Å². The smallest absolute Gasteiger partial charge is 0.264 e. The van der Waals surface area contributed by atoms with Crippen LogP contribution in [0.1, 0.15) is 21.5 Å². The fraction of sp³-hybridized carbons (Fsp3) is 0.133. The molecule has 0 aliphatic heterocycles. The Morgan fingerprint density at radius 1 is 1.05 bits per heavy atom. The monoisotopic (exact) mass is 305 g/mol. The summed E-state index contributed by atoms with van der Waals surface area (Å²) >= 11 is 0. The zero-order valence-electron chi connectivity index (χ0n) is 11.4. The molecule has 0 unspecified atom stereocenters. The minimum atomic E-state index is -3.89. The molecule has 1 amide bonds. The van der Waals surface area contributed by atoms with Crippen molar-refractivity contribution in [3.05, 3.63) is 65.2 Å². The van der Waals surface area contributed by atoms with Gasteiger partial charge in [-0.15, -0.1) is 0 Å². The van der Waals surface area contributed by atoms with Crippen LogP contribution in [0.4, 0.5) is 0 Å². The third kappa shape index (κ3) is 3.68. The maximum absolute atomic E-state index is 12.1. The molecule has 0 atom stereocenters. The van der Waals surface area contributed by atoms with Gasteiger partial charge in [0.15, 0.2) is 0 Å². The Kier molecular flexibility index (Phi) is 4.40. The van der Waals surface area contributed by atoms with Gasteiger partial charge in [0.25, 0.3) is 15.9 Å².